The molecular formula is C21H22N4O2. The highest BCUT2D eigenvalue weighted by molar-refractivity contribution is 5.98. The molecule has 5 rings (SSSR count). The maximum absolute atomic E-state index is 12.9. The van der Waals surface area contributed by atoms with Gasteiger partial charge in [-0.3, -0.25) is 9.78 Å². The number of hydrogen-bond acceptors (Lipinski definition) is 5. The highest BCUT2D eigenvalue weighted by Gasteiger charge is 2.30. The van der Waals surface area contributed by atoms with E-state index in [1.54, 1.807) is 6.20 Å². The Bertz CT molecular complexity index is 979. The van der Waals surface area contributed by atoms with Gasteiger partial charge in [0.2, 0.25) is 5.89 Å². The van der Waals surface area contributed by atoms with Gasteiger partial charge in [-0.05, 0) is 55.9 Å². The number of carbonyl (C=O) groups excluding carboxylic acids is 1. The Labute approximate surface area is 157 Å². The molecule has 1 aliphatic carbocycles. The van der Waals surface area contributed by atoms with Crippen molar-refractivity contribution in [3.63, 3.8) is 0 Å². The third kappa shape index (κ3) is 3.44. The fraction of sp³-hybridized carbons (Fsp3) is 0.429. The summed E-state index contributed by atoms with van der Waals surface area (Å²) in [6, 6.07) is 9.63. The van der Waals surface area contributed by atoms with E-state index in [-0.39, 0.29) is 5.91 Å². The van der Waals surface area contributed by atoms with Crippen molar-refractivity contribution < 1.29 is 9.32 Å². The number of carbonyl (C=O) groups is 1. The third-order valence-corrected chi connectivity index (χ3v) is 5.61. The molecule has 1 aliphatic heterocycles. The molecule has 3 heterocycles. The Hall–Kier alpha value is -2.76. The van der Waals surface area contributed by atoms with Crippen molar-refractivity contribution in [1.29, 1.82) is 0 Å². The molecule has 0 bridgehead atoms. The molecule has 0 spiro atoms. The molecule has 3 aromatic rings. The van der Waals surface area contributed by atoms with Crippen LogP contribution >= 0.6 is 0 Å². The van der Waals surface area contributed by atoms with Crippen molar-refractivity contribution in [3.05, 3.63) is 53.8 Å². The third-order valence-electron chi connectivity index (χ3n) is 5.61. The molecule has 1 aromatic carbocycles. The average molecular weight is 362 g/mol. The van der Waals surface area contributed by atoms with E-state index in [1.165, 1.54) is 12.8 Å². The van der Waals surface area contributed by atoms with Crippen LogP contribution in [0.15, 0.2) is 41.1 Å². The van der Waals surface area contributed by atoms with E-state index in [1.807, 2.05) is 35.2 Å². The molecule has 1 unspecified atom stereocenters. The number of pyridine rings is 1. The number of aromatic nitrogens is 3. The quantitative estimate of drug-likeness (QED) is 0.693. The van der Waals surface area contributed by atoms with Crippen molar-refractivity contribution in [3.8, 4) is 0 Å². The molecule has 1 saturated carbocycles. The number of amides is 1. The minimum absolute atomic E-state index is 0.110. The van der Waals surface area contributed by atoms with Gasteiger partial charge in [0.05, 0.1) is 5.52 Å². The topological polar surface area (TPSA) is 72.1 Å². The predicted octanol–water partition coefficient (Wildman–Crippen LogP) is 3.59. The molecule has 2 aliphatic rings. The molecule has 6 nitrogen and oxygen atoms in total. The minimum atomic E-state index is 0.110. The summed E-state index contributed by atoms with van der Waals surface area (Å²) in [6.45, 7) is 1.62. The fourth-order valence-corrected chi connectivity index (χ4v) is 3.84. The zero-order valence-electron chi connectivity index (χ0n) is 15.2. The van der Waals surface area contributed by atoms with E-state index in [0.29, 0.717) is 11.8 Å². The van der Waals surface area contributed by atoms with Crippen LogP contribution in [-0.2, 0) is 6.42 Å². The number of nitrogens with zero attached hydrogens (tertiary/aromatic N) is 4. The number of hydrogen-bond donors (Lipinski definition) is 0. The molecule has 0 radical (unpaired) electrons. The molecule has 2 aromatic heterocycles. The highest BCUT2D eigenvalue weighted by atomic mass is 16.5. The lowest BCUT2D eigenvalue weighted by Crippen LogP contribution is -2.28. The van der Waals surface area contributed by atoms with Crippen molar-refractivity contribution in [2.75, 3.05) is 13.1 Å². The summed E-state index contributed by atoms with van der Waals surface area (Å²) < 4.78 is 5.33. The fourth-order valence-electron chi connectivity index (χ4n) is 3.84. The normalized spacial score (nSPS) is 19.7. The van der Waals surface area contributed by atoms with Gasteiger partial charge in [0.15, 0.2) is 5.82 Å². The Kier molecular flexibility index (Phi) is 4.11. The second kappa shape index (κ2) is 6.76. The van der Waals surface area contributed by atoms with Crippen LogP contribution in [-0.4, -0.2) is 39.0 Å². The predicted molar refractivity (Wildman–Crippen MR) is 100 cm³/mol. The lowest BCUT2D eigenvalue weighted by atomic mass is 10.0. The van der Waals surface area contributed by atoms with Crippen LogP contribution in [0, 0.1) is 5.92 Å². The molecule has 1 atom stereocenters. The average Bonchev–Trinajstić information content (AvgIpc) is 3.26. The van der Waals surface area contributed by atoms with E-state index in [0.717, 1.165) is 60.5 Å². The van der Waals surface area contributed by atoms with E-state index in [4.69, 9.17) is 4.52 Å². The largest absolute Gasteiger partial charge is 0.339 e. The van der Waals surface area contributed by atoms with Gasteiger partial charge >= 0.3 is 0 Å². The van der Waals surface area contributed by atoms with E-state index >= 15 is 0 Å². The number of fused-ring (bicyclic) bond motifs is 1. The minimum Gasteiger partial charge on any atom is -0.339 e. The van der Waals surface area contributed by atoms with Crippen LogP contribution in [0.3, 0.4) is 0 Å². The van der Waals surface area contributed by atoms with Gasteiger partial charge in [0, 0.05) is 42.6 Å². The Morgan fingerprint density at radius 1 is 1.22 bits per heavy atom. The standard InChI is InChI=1S/C21H22N4O2/c26-21(17-6-7-18-16(12-17)2-1-10-22-18)25-11-9-14(13-25)3-8-19-23-20(27-24-19)15-4-5-15/h1-2,6-7,10,12,14-15H,3-5,8-9,11,13H2. The van der Waals surface area contributed by atoms with Crippen molar-refractivity contribution in [1.82, 2.24) is 20.0 Å². The summed E-state index contributed by atoms with van der Waals surface area (Å²) in [5.41, 5.74) is 1.66. The number of benzene rings is 1. The summed E-state index contributed by atoms with van der Waals surface area (Å²) in [7, 11) is 0. The van der Waals surface area contributed by atoms with Crippen molar-refractivity contribution >= 4 is 16.8 Å². The van der Waals surface area contributed by atoms with E-state index in [9.17, 15) is 4.79 Å². The van der Waals surface area contributed by atoms with Crippen LogP contribution in [0.2, 0.25) is 0 Å². The van der Waals surface area contributed by atoms with E-state index < -0.39 is 0 Å². The number of aryl methyl sites for hydroxylation is 1. The monoisotopic (exact) mass is 362 g/mol. The van der Waals surface area contributed by atoms with Crippen LogP contribution in [0.1, 0.15) is 53.7 Å². The zero-order valence-corrected chi connectivity index (χ0v) is 15.2. The first-order chi connectivity index (χ1) is 13.3. The van der Waals surface area contributed by atoms with E-state index in [2.05, 4.69) is 15.1 Å². The van der Waals surface area contributed by atoms with Crippen molar-refractivity contribution in [2.45, 2.75) is 38.0 Å². The first-order valence-corrected chi connectivity index (χ1v) is 9.73. The summed E-state index contributed by atoms with van der Waals surface area (Å²) in [5, 5.41) is 5.10. The zero-order chi connectivity index (χ0) is 18.2. The van der Waals surface area contributed by atoms with Gasteiger partial charge in [-0.25, -0.2) is 0 Å². The van der Waals surface area contributed by atoms with Gasteiger partial charge in [0.1, 0.15) is 0 Å². The maximum atomic E-state index is 12.9. The lowest BCUT2D eigenvalue weighted by molar-refractivity contribution is 0.0786. The number of rotatable bonds is 5. The molecule has 2 fully saturated rings. The van der Waals surface area contributed by atoms with Crippen LogP contribution in [0.25, 0.3) is 10.9 Å². The summed E-state index contributed by atoms with van der Waals surface area (Å²) >= 11 is 0. The molecule has 1 amide bonds. The smallest absolute Gasteiger partial charge is 0.253 e. The maximum Gasteiger partial charge on any atom is 0.253 e. The lowest BCUT2D eigenvalue weighted by Gasteiger charge is -2.16. The second-order valence-electron chi connectivity index (χ2n) is 7.68. The van der Waals surface area contributed by atoms with Gasteiger partial charge in [0.25, 0.3) is 5.91 Å². The SMILES string of the molecule is O=C(c1ccc2ncccc2c1)N1CCC(CCc2noc(C3CC3)n2)C1. The van der Waals surface area contributed by atoms with Crippen LogP contribution < -0.4 is 0 Å². The van der Waals surface area contributed by atoms with Crippen LogP contribution in [0.5, 0.6) is 0 Å². The Morgan fingerprint density at radius 2 is 2.15 bits per heavy atom. The summed E-state index contributed by atoms with van der Waals surface area (Å²) in [4.78, 5) is 23.6. The molecule has 27 heavy (non-hydrogen) atoms. The second-order valence-corrected chi connectivity index (χ2v) is 7.68. The van der Waals surface area contributed by atoms with Gasteiger partial charge < -0.3 is 9.42 Å². The van der Waals surface area contributed by atoms with Gasteiger partial charge in [-0.1, -0.05) is 11.2 Å². The first kappa shape index (κ1) is 16.4. The molecule has 0 N–H and O–H groups in total. The Morgan fingerprint density at radius 3 is 3.04 bits per heavy atom. The Balaban J connectivity index is 1.19. The first-order valence-electron chi connectivity index (χ1n) is 9.73. The molecule has 1 saturated heterocycles. The summed E-state index contributed by atoms with van der Waals surface area (Å²) in [5.74, 6) is 2.73. The van der Waals surface area contributed by atoms with Gasteiger partial charge in [-0.15, -0.1) is 0 Å². The molecular weight excluding hydrogens is 340 g/mol. The highest BCUT2D eigenvalue weighted by Crippen LogP contribution is 2.39. The van der Waals surface area contributed by atoms with Crippen LogP contribution in [0.4, 0.5) is 0 Å². The summed E-state index contributed by atoms with van der Waals surface area (Å²) in [6.07, 6.45) is 6.97. The number of likely N-dealkylation sites (tertiary alicyclic amines) is 1. The van der Waals surface area contributed by atoms with Crippen molar-refractivity contribution in [2.24, 2.45) is 5.92 Å². The molecule has 6 heteroatoms. The molecule has 138 valence electrons. The van der Waals surface area contributed by atoms with Gasteiger partial charge in [-0.2, -0.15) is 4.98 Å².